The maximum absolute atomic E-state index is 12.3. The van der Waals surface area contributed by atoms with Crippen LogP contribution in [0.3, 0.4) is 0 Å². The third kappa shape index (κ3) is 5.36. The first-order valence-corrected chi connectivity index (χ1v) is 8.51. The molecule has 1 aromatic carbocycles. The van der Waals surface area contributed by atoms with Gasteiger partial charge in [-0.25, -0.2) is 0 Å². The molecule has 0 bridgehead atoms. The van der Waals surface area contributed by atoms with Gasteiger partial charge in [-0.2, -0.15) is 0 Å². The number of nitrogens with one attached hydrogen (secondary N) is 1. The number of hydrogen-bond acceptors (Lipinski definition) is 2. The zero-order chi connectivity index (χ0) is 16.5. The van der Waals surface area contributed by atoms with E-state index in [0.29, 0.717) is 31.6 Å². The van der Waals surface area contributed by atoms with Gasteiger partial charge in [0, 0.05) is 19.1 Å². The van der Waals surface area contributed by atoms with Gasteiger partial charge in [0.15, 0.2) is 0 Å². The van der Waals surface area contributed by atoms with Gasteiger partial charge in [-0.1, -0.05) is 48.9 Å². The molecule has 1 fully saturated rings. The molecule has 0 heterocycles. The molecular weight excluding hydrogens is 284 g/mol. The maximum Gasteiger partial charge on any atom is 0.237 e. The van der Waals surface area contributed by atoms with E-state index in [4.69, 9.17) is 0 Å². The van der Waals surface area contributed by atoms with Crippen LogP contribution < -0.4 is 5.32 Å². The lowest BCUT2D eigenvalue weighted by atomic mass is 9.94. The first kappa shape index (κ1) is 17.5. The molecule has 0 aromatic heterocycles. The zero-order valence-electron chi connectivity index (χ0n) is 13.9. The third-order valence-electron chi connectivity index (χ3n) is 4.57. The molecule has 0 unspecified atom stereocenters. The van der Waals surface area contributed by atoms with E-state index in [1.54, 1.807) is 17.1 Å². The van der Waals surface area contributed by atoms with E-state index in [2.05, 4.69) is 48.8 Å². The van der Waals surface area contributed by atoms with Crippen LogP contribution in [0, 0.1) is 5.92 Å². The molecule has 0 radical (unpaired) electrons. The minimum Gasteiger partial charge on any atom is -0.334 e. The molecule has 0 spiro atoms. The number of rotatable bonds is 9. The molecule has 2 atom stereocenters. The van der Waals surface area contributed by atoms with Crippen LogP contribution in [-0.2, 0) is 11.2 Å². The van der Waals surface area contributed by atoms with E-state index in [-0.39, 0.29) is 5.91 Å². The van der Waals surface area contributed by atoms with Crippen LogP contribution >= 0.6 is 0 Å². The largest absolute Gasteiger partial charge is 0.334 e. The minimum atomic E-state index is 0.121. The van der Waals surface area contributed by atoms with Crippen molar-refractivity contribution in [3.05, 3.63) is 61.2 Å². The summed E-state index contributed by atoms with van der Waals surface area (Å²) in [5, 5.41) is 3.49. The number of carbonyl (C=O) groups is 1. The lowest BCUT2D eigenvalue weighted by molar-refractivity contribution is -0.129. The van der Waals surface area contributed by atoms with Crippen LogP contribution in [0.15, 0.2) is 55.6 Å². The Morgan fingerprint density at radius 3 is 2.52 bits per heavy atom. The summed E-state index contributed by atoms with van der Waals surface area (Å²) >= 11 is 0. The van der Waals surface area contributed by atoms with Gasteiger partial charge >= 0.3 is 0 Å². The Hall–Kier alpha value is -1.87. The quantitative estimate of drug-likeness (QED) is 0.710. The van der Waals surface area contributed by atoms with Crippen LogP contribution in [-0.4, -0.2) is 36.5 Å². The van der Waals surface area contributed by atoms with Crippen molar-refractivity contribution in [2.24, 2.45) is 5.92 Å². The number of nitrogens with zero attached hydrogens (tertiary/aromatic N) is 1. The lowest BCUT2D eigenvalue weighted by Gasteiger charge is -2.24. The third-order valence-corrected chi connectivity index (χ3v) is 4.57. The summed E-state index contributed by atoms with van der Waals surface area (Å²) in [4.78, 5) is 14.1. The SMILES string of the molecule is C=CCN(CC=C)C(=O)CN[C@@H]1CCC[C@H]1Cc1ccccc1. The molecule has 1 aliphatic rings. The average molecular weight is 312 g/mol. The highest BCUT2D eigenvalue weighted by Crippen LogP contribution is 2.28. The summed E-state index contributed by atoms with van der Waals surface area (Å²) in [5.41, 5.74) is 1.39. The molecule has 1 amide bonds. The van der Waals surface area contributed by atoms with Crippen molar-refractivity contribution in [2.45, 2.75) is 31.7 Å². The Kier molecular flexibility index (Phi) is 7.08. The summed E-state index contributed by atoms with van der Waals surface area (Å²) in [7, 11) is 0. The zero-order valence-corrected chi connectivity index (χ0v) is 13.9. The Labute approximate surface area is 140 Å². The standard InChI is InChI=1S/C20H28N2O/c1-3-13-22(14-4-2)20(23)16-21-19-12-8-11-18(19)15-17-9-6-5-7-10-17/h3-7,9-10,18-19,21H,1-2,8,11-16H2/t18-,19+/m0/s1. The Bertz CT molecular complexity index is 502. The van der Waals surface area contributed by atoms with Crippen LogP contribution in [0.25, 0.3) is 0 Å². The Morgan fingerprint density at radius 2 is 1.87 bits per heavy atom. The molecule has 1 aliphatic carbocycles. The fourth-order valence-electron chi connectivity index (χ4n) is 3.39. The molecule has 1 aromatic rings. The van der Waals surface area contributed by atoms with Crippen LogP contribution in [0.5, 0.6) is 0 Å². The molecule has 0 saturated heterocycles. The Balaban J connectivity index is 1.84. The number of amides is 1. The maximum atomic E-state index is 12.3. The second kappa shape index (κ2) is 9.31. The molecule has 124 valence electrons. The highest BCUT2D eigenvalue weighted by molar-refractivity contribution is 5.78. The van der Waals surface area contributed by atoms with E-state index in [1.165, 1.54) is 18.4 Å². The number of benzene rings is 1. The van der Waals surface area contributed by atoms with Gasteiger partial charge in [0.25, 0.3) is 0 Å². The molecular formula is C20H28N2O. The first-order valence-electron chi connectivity index (χ1n) is 8.51. The lowest BCUT2D eigenvalue weighted by Crippen LogP contribution is -2.43. The van der Waals surface area contributed by atoms with Crippen molar-refractivity contribution in [1.82, 2.24) is 10.2 Å². The highest BCUT2D eigenvalue weighted by Gasteiger charge is 2.27. The predicted octanol–water partition coefficient (Wildman–Crippen LogP) is 3.19. The van der Waals surface area contributed by atoms with Gasteiger partial charge in [0.05, 0.1) is 6.54 Å². The summed E-state index contributed by atoms with van der Waals surface area (Å²) in [6.45, 7) is 8.97. The predicted molar refractivity (Wildman–Crippen MR) is 96.3 cm³/mol. The van der Waals surface area contributed by atoms with Crippen molar-refractivity contribution >= 4 is 5.91 Å². The fraction of sp³-hybridized carbons (Fsp3) is 0.450. The second-order valence-corrected chi connectivity index (χ2v) is 6.24. The second-order valence-electron chi connectivity index (χ2n) is 6.24. The molecule has 0 aliphatic heterocycles. The van der Waals surface area contributed by atoms with E-state index in [9.17, 15) is 4.79 Å². The van der Waals surface area contributed by atoms with Crippen molar-refractivity contribution in [3.63, 3.8) is 0 Å². The van der Waals surface area contributed by atoms with Crippen molar-refractivity contribution < 1.29 is 4.79 Å². The van der Waals surface area contributed by atoms with Gasteiger partial charge in [0.2, 0.25) is 5.91 Å². The summed E-state index contributed by atoms with van der Waals surface area (Å²) in [6, 6.07) is 11.1. The molecule has 1 N–H and O–H groups in total. The monoisotopic (exact) mass is 312 g/mol. The molecule has 2 rings (SSSR count). The minimum absolute atomic E-state index is 0.121. The molecule has 1 saturated carbocycles. The average Bonchev–Trinajstić information content (AvgIpc) is 3.00. The van der Waals surface area contributed by atoms with Crippen molar-refractivity contribution in [2.75, 3.05) is 19.6 Å². The van der Waals surface area contributed by atoms with Gasteiger partial charge in [-0.15, -0.1) is 13.2 Å². The van der Waals surface area contributed by atoms with E-state index >= 15 is 0 Å². The van der Waals surface area contributed by atoms with Crippen molar-refractivity contribution in [3.8, 4) is 0 Å². The van der Waals surface area contributed by atoms with Crippen molar-refractivity contribution in [1.29, 1.82) is 0 Å². The summed E-state index contributed by atoms with van der Waals surface area (Å²) in [6.07, 6.45) is 8.25. The van der Waals surface area contributed by atoms with E-state index < -0.39 is 0 Å². The first-order chi connectivity index (χ1) is 11.2. The van der Waals surface area contributed by atoms with Gasteiger partial charge in [-0.05, 0) is 30.7 Å². The Morgan fingerprint density at radius 1 is 1.17 bits per heavy atom. The number of carbonyl (C=O) groups excluding carboxylic acids is 1. The smallest absolute Gasteiger partial charge is 0.237 e. The summed E-state index contributed by atoms with van der Waals surface area (Å²) < 4.78 is 0. The van der Waals surface area contributed by atoms with E-state index in [0.717, 1.165) is 12.8 Å². The normalized spacial score (nSPS) is 20.2. The van der Waals surface area contributed by atoms with Gasteiger partial charge in [0.1, 0.15) is 0 Å². The highest BCUT2D eigenvalue weighted by atomic mass is 16.2. The van der Waals surface area contributed by atoms with Crippen LogP contribution in [0.4, 0.5) is 0 Å². The topological polar surface area (TPSA) is 32.3 Å². The van der Waals surface area contributed by atoms with Gasteiger partial charge < -0.3 is 10.2 Å². The van der Waals surface area contributed by atoms with Crippen LogP contribution in [0.2, 0.25) is 0 Å². The molecule has 23 heavy (non-hydrogen) atoms. The van der Waals surface area contributed by atoms with E-state index in [1.807, 2.05) is 0 Å². The summed E-state index contributed by atoms with van der Waals surface area (Å²) in [5.74, 6) is 0.743. The van der Waals surface area contributed by atoms with Gasteiger partial charge in [-0.3, -0.25) is 4.79 Å². The molecule has 3 nitrogen and oxygen atoms in total. The number of hydrogen-bond donors (Lipinski definition) is 1. The fourth-order valence-corrected chi connectivity index (χ4v) is 3.39. The molecule has 3 heteroatoms. The van der Waals surface area contributed by atoms with Crippen LogP contribution in [0.1, 0.15) is 24.8 Å².